The van der Waals surface area contributed by atoms with Gasteiger partial charge in [-0.2, -0.15) is 0 Å². The summed E-state index contributed by atoms with van der Waals surface area (Å²) in [5.41, 5.74) is 3.12. The van der Waals surface area contributed by atoms with Gasteiger partial charge in [0.15, 0.2) is 5.58 Å². The molecule has 2 fully saturated rings. The van der Waals surface area contributed by atoms with Crippen molar-refractivity contribution in [3.8, 4) is 5.75 Å². The molecular formula is C31H39N3O3. The Morgan fingerprint density at radius 3 is 2.65 bits per heavy atom. The maximum Gasteiger partial charge on any atom is 0.228 e. The van der Waals surface area contributed by atoms with Crippen molar-refractivity contribution >= 4 is 16.9 Å². The lowest BCUT2D eigenvalue weighted by atomic mass is 9.73. The highest BCUT2D eigenvalue weighted by Gasteiger charge is 2.38. The van der Waals surface area contributed by atoms with Gasteiger partial charge in [-0.1, -0.05) is 41.9 Å². The number of carbonyl (C=O) groups excluding carboxylic acids is 1. The molecule has 3 aromatic rings. The third-order valence-electron chi connectivity index (χ3n) is 8.76. The maximum atomic E-state index is 13.2. The molecule has 6 heteroatoms. The van der Waals surface area contributed by atoms with Crippen LogP contribution in [0.2, 0.25) is 0 Å². The third kappa shape index (κ3) is 5.85. The Morgan fingerprint density at radius 1 is 0.973 bits per heavy atom. The Bertz CT molecular complexity index is 1210. The second-order valence-corrected chi connectivity index (χ2v) is 11.5. The van der Waals surface area contributed by atoms with Gasteiger partial charge >= 0.3 is 0 Å². The van der Waals surface area contributed by atoms with E-state index >= 15 is 0 Å². The first-order chi connectivity index (χ1) is 18.2. The topological polar surface area (TPSA) is 58.8 Å². The Balaban J connectivity index is 1.12. The smallest absolute Gasteiger partial charge is 0.228 e. The summed E-state index contributed by atoms with van der Waals surface area (Å²) in [4.78, 5) is 18.0. The Morgan fingerprint density at radius 2 is 1.78 bits per heavy atom. The lowest BCUT2D eigenvalue weighted by molar-refractivity contribution is -0.133. The van der Waals surface area contributed by atoms with Gasteiger partial charge in [0.2, 0.25) is 5.91 Å². The number of rotatable bonds is 4. The van der Waals surface area contributed by atoms with Crippen LogP contribution in [0.5, 0.6) is 5.75 Å². The van der Waals surface area contributed by atoms with Crippen LogP contribution in [0.15, 0.2) is 53.1 Å². The summed E-state index contributed by atoms with van der Waals surface area (Å²) in [5, 5.41) is 5.14. The number of hydrogen-bond donors (Lipinski definition) is 0. The molecule has 6 rings (SSSR count). The SMILES string of the molecule is O=C(Cc1noc2ccccc12)N1CCC2(CCCCc3ccccc3OCCN(CC3CC3)C2)CC1. The van der Waals surface area contributed by atoms with Gasteiger partial charge in [-0.05, 0) is 80.0 Å². The van der Waals surface area contributed by atoms with Crippen molar-refractivity contribution in [2.45, 2.75) is 57.8 Å². The van der Waals surface area contributed by atoms with Crippen LogP contribution in [0.4, 0.5) is 0 Å². The first-order valence-electron chi connectivity index (χ1n) is 14.2. The number of carbonyl (C=O) groups is 1. The summed E-state index contributed by atoms with van der Waals surface area (Å²) in [6.07, 6.45) is 9.94. The van der Waals surface area contributed by atoms with Crippen LogP contribution in [0.1, 0.15) is 56.2 Å². The molecule has 3 heterocycles. The average molecular weight is 502 g/mol. The molecular weight excluding hydrogens is 462 g/mol. The summed E-state index contributed by atoms with van der Waals surface area (Å²) in [6.45, 7) is 5.72. The number of benzene rings is 2. The minimum Gasteiger partial charge on any atom is -0.492 e. The van der Waals surface area contributed by atoms with E-state index in [4.69, 9.17) is 9.26 Å². The van der Waals surface area contributed by atoms with E-state index in [-0.39, 0.29) is 11.3 Å². The van der Waals surface area contributed by atoms with Gasteiger partial charge in [-0.3, -0.25) is 9.69 Å². The zero-order chi connectivity index (χ0) is 25.1. The van der Waals surface area contributed by atoms with Crippen molar-refractivity contribution in [3.05, 3.63) is 59.8 Å². The number of para-hydroxylation sites is 2. The molecule has 37 heavy (non-hydrogen) atoms. The predicted molar refractivity (Wildman–Crippen MR) is 145 cm³/mol. The lowest BCUT2D eigenvalue weighted by Crippen LogP contribution is -2.49. The van der Waals surface area contributed by atoms with Crippen LogP contribution >= 0.6 is 0 Å². The maximum absolute atomic E-state index is 13.2. The van der Waals surface area contributed by atoms with E-state index < -0.39 is 0 Å². The summed E-state index contributed by atoms with van der Waals surface area (Å²) in [6, 6.07) is 16.4. The lowest BCUT2D eigenvalue weighted by Gasteiger charge is -2.45. The molecule has 3 aliphatic rings. The minimum absolute atomic E-state index is 0.168. The standard InChI is InChI=1S/C31H39N3O3/c35-30(21-27-26-9-2-4-11-29(26)37-32-27)34-17-15-31(16-18-34)14-6-5-8-25-7-1-3-10-28(25)36-20-19-33(23-31)22-24-12-13-24/h1-4,7,9-11,24H,5-6,8,12-23H2. The normalized spacial score (nSPS) is 21.1. The van der Waals surface area contributed by atoms with E-state index in [1.54, 1.807) is 0 Å². The molecule has 1 aliphatic carbocycles. The second kappa shape index (κ2) is 10.9. The largest absolute Gasteiger partial charge is 0.492 e. The zero-order valence-electron chi connectivity index (χ0n) is 21.9. The van der Waals surface area contributed by atoms with Crippen molar-refractivity contribution in [1.29, 1.82) is 0 Å². The fourth-order valence-corrected chi connectivity index (χ4v) is 6.36. The molecule has 0 bridgehead atoms. The number of aryl methyl sites for hydroxylation is 1. The molecule has 196 valence electrons. The molecule has 0 atom stereocenters. The van der Waals surface area contributed by atoms with Crippen LogP contribution < -0.4 is 4.74 Å². The number of nitrogens with zero attached hydrogens (tertiary/aromatic N) is 3. The van der Waals surface area contributed by atoms with Crippen LogP contribution in [0.3, 0.4) is 0 Å². The van der Waals surface area contributed by atoms with Crippen LogP contribution in [-0.2, 0) is 17.6 Å². The molecule has 1 saturated carbocycles. The molecule has 2 aromatic carbocycles. The van der Waals surface area contributed by atoms with Crippen molar-refractivity contribution in [2.24, 2.45) is 11.3 Å². The van der Waals surface area contributed by atoms with Crippen LogP contribution in [-0.4, -0.2) is 60.2 Å². The number of piperidine rings is 1. The van der Waals surface area contributed by atoms with Crippen molar-refractivity contribution in [2.75, 3.05) is 39.3 Å². The molecule has 1 aromatic heterocycles. The van der Waals surface area contributed by atoms with Crippen LogP contribution in [0, 0.1) is 11.3 Å². The first-order valence-corrected chi connectivity index (χ1v) is 14.2. The van der Waals surface area contributed by atoms with Crippen molar-refractivity contribution < 1.29 is 14.1 Å². The summed E-state index contributed by atoms with van der Waals surface area (Å²) in [5.74, 6) is 2.09. The molecule has 1 spiro atoms. The predicted octanol–water partition coefficient (Wildman–Crippen LogP) is 5.50. The average Bonchev–Trinajstić information content (AvgIpc) is 3.65. The highest BCUT2D eigenvalue weighted by Crippen LogP contribution is 2.40. The number of aromatic nitrogens is 1. The zero-order valence-corrected chi connectivity index (χ0v) is 21.9. The van der Waals surface area contributed by atoms with Gasteiger partial charge in [0.25, 0.3) is 0 Å². The van der Waals surface area contributed by atoms with E-state index in [9.17, 15) is 4.79 Å². The molecule has 0 unspecified atom stereocenters. The van der Waals surface area contributed by atoms with Gasteiger partial charge in [-0.15, -0.1) is 0 Å². The molecule has 6 nitrogen and oxygen atoms in total. The fourth-order valence-electron chi connectivity index (χ4n) is 6.36. The Hall–Kier alpha value is -2.86. The Labute approximate surface area is 219 Å². The van der Waals surface area contributed by atoms with Gasteiger partial charge < -0.3 is 14.2 Å². The monoisotopic (exact) mass is 501 g/mol. The number of likely N-dealkylation sites (tertiary alicyclic amines) is 1. The van der Waals surface area contributed by atoms with E-state index in [2.05, 4.69) is 39.2 Å². The van der Waals surface area contributed by atoms with Gasteiger partial charge in [0.1, 0.15) is 18.1 Å². The molecule has 1 amide bonds. The summed E-state index contributed by atoms with van der Waals surface area (Å²) in [7, 11) is 0. The number of amides is 1. The van der Waals surface area contributed by atoms with E-state index in [0.717, 1.165) is 80.4 Å². The minimum atomic E-state index is 0.168. The highest BCUT2D eigenvalue weighted by atomic mass is 16.5. The highest BCUT2D eigenvalue weighted by molar-refractivity contribution is 5.86. The first kappa shape index (κ1) is 24.5. The third-order valence-corrected chi connectivity index (χ3v) is 8.76. The number of hydrogen-bond acceptors (Lipinski definition) is 5. The second-order valence-electron chi connectivity index (χ2n) is 11.5. The van der Waals surface area contributed by atoms with E-state index in [0.29, 0.717) is 6.42 Å². The number of ether oxygens (including phenoxy) is 1. The van der Waals surface area contributed by atoms with Gasteiger partial charge in [-0.25, -0.2) is 0 Å². The van der Waals surface area contributed by atoms with Crippen molar-refractivity contribution in [1.82, 2.24) is 15.0 Å². The van der Waals surface area contributed by atoms with Gasteiger partial charge in [0, 0.05) is 38.1 Å². The van der Waals surface area contributed by atoms with E-state index in [1.807, 2.05) is 24.3 Å². The molecule has 2 aliphatic heterocycles. The van der Waals surface area contributed by atoms with Crippen molar-refractivity contribution in [3.63, 3.8) is 0 Å². The van der Waals surface area contributed by atoms with E-state index in [1.165, 1.54) is 44.2 Å². The van der Waals surface area contributed by atoms with Crippen LogP contribution in [0.25, 0.3) is 11.0 Å². The van der Waals surface area contributed by atoms with Gasteiger partial charge in [0.05, 0.1) is 6.42 Å². The molecule has 1 saturated heterocycles. The number of fused-ring (bicyclic) bond motifs is 2. The molecule has 0 radical (unpaired) electrons. The Kier molecular flexibility index (Phi) is 7.18. The summed E-state index contributed by atoms with van der Waals surface area (Å²) >= 11 is 0. The quantitative estimate of drug-likeness (QED) is 0.473. The molecule has 0 N–H and O–H groups in total. The summed E-state index contributed by atoms with van der Waals surface area (Å²) < 4.78 is 11.7. The fraction of sp³-hybridized carbons (Fsp3) is 0.548.